The third kappa shape index (κ3) is 5.14. The molecule has 1 N–H and O–H groups in total. The second kappa shape index (κ2) is 6.80. The summed E-state index contributed by atoms with van der Waals surface area (Å²) in [5.74, 6) is 0.178. The van der Waals surface area contributed by atoms with Crippen molar-refractivity contribution in [2.75, 3.05) is 20.6 Å². The topological polar surface area (TPSA) is 41.6 Å². The van der Waals surface area contributed by atoms with E-state index in [1.807, 2.05) is 0 Å². The molecule has 1 saturated carbocycles. The maximum Gasteiger partial charge on any atom is 0.222 e. The van der Waals surface area contributed by atoms with Crippen LogP contribution in [0.1, 0.15) is 38.5 Å². The van der Waals surface area contributed by atoms with Crippen LogP contribution in [0, 0.1) is 0 Å². The van der Waals surface area contributed by atoms with Crippen LogP contribution in [-0.4, -0.2) is 37.6 Å². The molecule has 88 valence electrons. The van der Waals surface area contributed by atoms with Gasteiger partial charge in [-0.1, -0.05) is 12.8 Å². The molecule has 0 atom stereocenters. The minimum atomic E-state index is 0.178. The lowest BCUT2D eigenvalue weighted by Crippen LogP contribution is -2.25. The van der Waals surface area contributed by atoms with Crippen molar-refractivity contribution >= 4 is 5.91 Å². The van der Waals surface area contributed by atoms with Gasteiger partial charge in [0.1, 0.15) is 0 Å². The molecule has 1 rings (SSSR count). The molecule has 0 bridgehead atoms. The van der Waals surface area contributed by atoms with Crippen molar-refractivity contribution in [1.29, 1.82) is 0 Å². The minimum Gasteiger partial charge on any atom is -0.349 e. The van der Waals surface area contributed by atoms with Crippen LogP contribution in [0.25, 0.3) is 0 Å². The van der Waals surface area contributed by atoms with Gasteiger partial charge in [-0.2, -0.15) is 0 Å². The minimum absolute atomic E-state index is 0.178. The molecule has 1 fully saturated rings. The fourth-order valence-electron chi connectivity index (χ4n) is 1.72. The van der Waals surface area contributed by atoms with E-state index in [1.165, 1.54) is 25.7 Å². The molecule has 1 aliphatic carbocycles. The van der Waals surface area contributed by atoms with Crippen molar-refractivity contribution in [2.24, 2.45) is 0 Å². The molecule has 0 saturated heterocycles. The molecule has 4 nitrogen and oxygen atoms in total. The van der Waals surface area contributed by atoms with Gasteiger partial charge in [-0.05, 0) is 19.3 Å². The van der Waals surface area contributed by atoms with Crippen molar-refractivity contribution in [1.82, 2.24) is 10.4 Å². The zero-order valence-corrected chi connectivity index (χ0v) is 9.79. The Morgan fingerprint density at radius 3 is 2.67 bits per heavy atom. The number of rotatable bonds is 6. The van der Waals surface area contributed by atoms with E-state index in [9.17, 15) is 4.79 Å². The van der Waals surface area contributed by atoms with E-state index >= 15 is 0 Å². The van der Waals surface area contributed by atoms with Gasteiger partial charge in [-0.25, -0.2) is 5.48 Å². The molecule has 4 heteroatoms. The van der Waals surface area contributed by atoms with E-state index in [1.54, 1.807) is 19.0 Å². The highest BCUT2D eigenvalue weighted by Gasteiger charge is 2.15. The first kappa shape index (κ1) is 12.5. The molecule has 0 spiro atoms. The molecule has 0 aliphatic heterocycles. The summed E-state index contributed by atoms with van der Waals surface area (Å²) in [5, 5.41) is 0. The Morgan fingerprint density at radius 2 is 2.07 bits per heavy atom. The van der Waals surface area contributed by atoms with E-state index < -0.39 is 0 Å². The third-order valence-corrected chi connectivity index (χ3v) is 2.72. The maximum absolute atomic E-state index is 11.2. The highest BCUT2D eigenvalue weighted by atomic mass is 16.7. The van der Waals surface area contributed by atoms with Crippen molar-refractivity contribution in [3.05, 3.63) is 0 Å². The van der Waals surface area contributed by atoms with Crippen molar-refractivity contribution < 1.29 is 9.63 Å². The number of nitrogens with zero attached hydrogens (tertiary/aromatic N) is 1. The second-order valence-corrected chi connectivity index (χ2v) is 4.31. The normalized spacial score (nSPS) is 16.9. The van der Waals surface area contributed by atoms with Crippen molar-refractivity contribution in [3.63, 3.8) is 0 Å². The maximum atomic E-state index is 11.2. The first-order chi connectivity index (χ1) is 7.20. The Balaban J connectivity index is 1.90. The van der Waals surface area contributed by atoms with E-state index in [0.717, 1.165) is 13.0 Å². The Hall–Kier alpha value is -0.610. The number of amides is 1. The highest BCUT2D eigenvalue weighted by molar-refractivity contribution is 5.75. The first-order valence-corrected chi connectivity index (χ1v) is 5.79. The lowest BCUT2D eigenvalue weighted by atomic mass is 10.3. The van der Waals surface area contributed by atoms with Gasteiger partial charge in [0.2, 0.25) is 5.91 Å². The van der Waals surface area contributed by atoms with Crippen LogP contribution in [0.15, 0.2) is 0 Å². The Labute approximate surface area is 91.9 Å². The molecular weight excluding hydrogens is 192 g/mol. The van der Waals surface area contributed by atoms with Gasteiger partial charge in [0.05, 0.1) is 6.10 Å². The summed E-state index contributed by atoms with van der Waals surface area (Å²) < 4.78 is 0. The molecule has 1 amide bonds. The summed E-state index contributed by atoms with van der Waals surface area (Å²) >= 11 is 0. The van der Waals surface area contributed by atoms with Crippen LogP contribution in [-0.2, 0) is 9.63 Å². The van der Waals surface area contributed by atoms with Crippen molar-refractivity contribution in [2.45, 2.75) is 44.6 Å². The average Bonchev–Trinajstić information content (AvgIpc) is 2.69. The molecule has 0 unspecified atom stereocenters. The van der Waals surface area contributed by atoms with Crippen molar-refractivity contribution in [3.8, 4) is 0 Å². The first-order valence-electron chi connectivity index (χ1n) is 5.79. The largest absolute Gasteiger partial charge is 0.349 e. The number of carbonyl (C=O) groups excluding carboxylic acids is 1. The van der Waals surface area contributed by atoms with Crippen LogP contribution >= 0.6 is 0 Å². The van der Waals surface area contributed by atoms with Gasteiger partial charge in [0.25, 0.3) is 0 Å². The SMILES string of the molecule is CN(C)C(=O)CCCNOC1CCCC1. The number of hydrogen-bond acceptors (Lipinski definition) is 3. The Morgan fingerprint density at radius 1 is 1.40 bits per heavy atom. The van der Waals surface area contributed by atoms with Crippen LogP contribution < -0.4 is 5.48 Å². The molecule has 0 aromatic rings. The molecule has 0 radical (unpaired) electrons. The summed E-state index contributed by atoms with van der Waals surface area (Å²) in [5.41, 5.74) is 2.95. The monoisotopic (exact) mass is 214 g/mol. The number of nitrogens with one attached hydrogen (secondary N) is 1. The Bertz CT molecular complexity index is 189. The molecule has 0 aromatic carbocycles. The number of hydroxylamine groups is 1. The predicted octanol–water partition coefficient (Wildman–Crippen LogP) is 1.32. The fourth-order valence-corrected chi connectivity index (χ4v) is 1.72. The summed E-state index contributed by atoms with van der Waals surface area (Å²) in [6.07, 6.45) is 6.73. The quantitative estimate of drug-likeness (QED) is 0.535. The molecule has 0 aromatic heterocycles. The van der Waals surface area contributed by atoms with E-state index in [0.29, 0.717) is 12.5 Å². The third-order valence-electron chi connectivity index (χ3n) is 2.72. The summed E-state index contributed by atoms with van der Waals surface area (Å²) in [6.45, 7) is 0.760. The smallest absolute Gasteiger partial charge is 0.222 e. The van der Waals surface area contributed by atoms with Crippen LogP contribution in [0.2, 0.25) is 0 Å². The molecule has 1 aliphatic rings. The number of carbonyl (C=O) groups is 1. The van der Waals surface area contributed by atoms with E-state index in [4.69, 9.17) is 4.84 Å². The van der Waals surface area contributed by atoms with Crippen LogP contribution in [0.3, 0.4) is 0 Å². The zero-order valence-electron chi connectivity index (χ0n) is 9.79. The van der Waals surface area contributed by atoms with Gasteiger partial charge in [-0.15, -0.1) is 0 Å². The number of hydrogen-bond donors (Lipinski definition) is 1. The predicted molar refractivity (Wildman–Crippen MR) is 59.3 cm³/mol. The summed E-state index contributed by atoms with van der Waals surface area (Å²) in [4.78, 5) is 18.3. The second-order valence-electron chi connectivity index (χ2n) is 4.31. The summed E-state index contributed by atoms with van der Waals surface area (Å²) in [7, 11) is 3.57. The fraction of sp³-hybridized carbons (Fsp3) is 0.909. The van der Waals surface area contributed by atoms with E-state index in [-0.39, 0.29) is 5.91 Å². The van der Waals surface area contributed by atoms with Gasteiger partial charge < -0.3 is 4.90 Å². The van der Waals surface area contributed by atoms with Gasteiger partial charge in [-0.3, -0.25) is 9.63 Å². The lowest BCUT2D eigenvalue weighted by molar-refractivity contribution is -0.128. The Kier molecular flexibility index (Phi) is 5.65. The molecule has 15 heavy (non-hydrogen) atoms. The standard InChI is InChI=1S/C11H22N2O2/c1-13(2)11(14)8-5-9-12-15-10-6-3-4-7-10/h10,12H,3-9H2,1-2H3. The molecular formula is C11H22N2O2. The van der Waals surface area contributed by atoms with Crippen LogP contribution in [0.5, 0.6) is 0 Å². The van der Waals surface area contributed by atoms with Crippen LogP contribution in [0.4, 0.5) is 0 Å². The summed E-state index contributed by atoms with van der Waals surface area (Å²) in [6, 6.07) is 0. The van der Waals surface area contributed by atoms with Gasteiger partial charge in [0.15, 0.2) is 0 Å². The lowest BCUT2D eigenvalue weighted by Gasteiger charge is -2.12. The highest BCUT2D eigenvalue weighted by Crippen LogP contribution is 2.19. The van der Waals surface area contributed by atoms with E-state index in [2.05, 4.69) is 5.48 Å². The van der Waals surface area contributed by atoms with Gasteiger partial charge >= 0.3 is 0 Å². The average molecular weight is 214 g/mol. The van der Waals surface area contributed by atoms with Gasteiger partial charge in [0, 0.05) is 27.1 Å². The zero-order chi connectivity index (χ0) is 11.1. The molecule has 0 heterocycles.